The number of aliphatic carboxylic acids is 1. The summed E-state index contributed by atoms with van der Waals surface area (Å²) < 4.78 is 5.12. The van der Waals surface area contributed by atoms with Crippen molar-refractivity contribution in [2.75, 3.05) is 12.4 Å². The summed E-state index contributed by atoms with van der Waals surface area (Å²) in [7, 11) is 1.57. The molecule has 2 N–H and O–H groups in total. The molecule has 0 fully saturated rings. The minimum absolute atomic E-state index is 0.683. The molecule has 0 saturated carbocycles. The van der Waals surface area contributed by atoms with Crippen LogP contribution in [-0.2, 0) is 4.79 Å². The molecule has 0 aliphatic carbocycles. The average Bonchev–Trinajstić information content (AvgIpc) is 2.45. The predicted octanol–water partition coefficient (Wildman–Crippen LogP) is 2.93. The Kier molecular flexibility index (Phi) is 4.03. The van der Waals surface area contributed by atoms with Gasteiger partial charge in [0.05, 0.1) is 7.11 Å². The second-order valence-corrected chi connectivity index (χ2v) is 4.06. The lowest BCUT2D eigenvalue weighted by atomic mass is 10.1. The summed E-state index contributed by atoms with van der Waals surface area (Å²) >= 11 is 0. The van der Waals surface area contributed by atoms with Gasteiger partial charge in [-0.2, -0.15) is 0 Å². The van der Waals surface area contributed by atoms with Crippen LogP contribution in [0.2, 0.25) is 0 Å². The molecule has 0 bridgehead atoms. The molecule has 0 saturated heterocycles. The van der Waals surface area contributed by atoms with E-state index in [-0.39, 0.29) is 0 Å². The standard InChI is InChI=1S/C15H15NO3/c1-19-13-9-5-8-12(10-13)16-14(15(17)18)11-6-3-2-4-7-11/h2-10,14,16H,1H3,(H,17,18)/t14-/m1/s1. The van der Waals surface area contributed by atoms with E-state index in [1.165, 1.54) is 0 Å². The number of hydrogen-bond donors (Lipinski definition) is 2. The molecule has 4 heteroatoms. The summed E-state index contributed by atoms with van der Waals surface area (Å²) in [5, 5.41) is 12.3. The maximum Gasteiger partial charge on any atom is 0.330 e. The summed E-state index contributed by atoms with van der Waals surface area (Å²) in [6, 6.07) is 15.5. The Labute approximate surface area is 111 Å². The molecule has 2 aromatic carbocycles. The first kappa shape index (κ1) is 13.0. The summed E-state index contributed by atoms with van der Waals surface area (Å²) in [5.74, 6) is -0.240. The fourth-order valence-electron chi connectivity index (χ4n) is 1.81. The molecular formula is C15H15NO3. The zero-order valence-corrected chi connectivity index (χ0v) is 10.5. The SMILES string of the molecule is COc1cccc(N[C@@H](C(=O)O)c2ccccc2)c1. The van der Waals surface area contributed by atoms with Gasteiger partial charge in [0.1, 0.15) is 5.75 Å². The maximum atomic E-state index is 11.4. The number of hydrogen-bond acceptors (Lipinski definition) is 3. The number of carboxylic acids is 1. The number of anilines is 1. The molecule has 1 atom stereocenters. The molecule has 0 aliphatic rings. The van der Waals surface area contributed by atoms with Gasteiger partial charge in [-0.05, 0) is 17.7 Å². The second kappa shape index (κ2) is 5.91. The van der Waals surface area contributed by atoms with Crippen molar-refractivity contribution in [1.82, 2.24) is 0 Å². The Hall–Kier alpha value is -2.49. The van der Waals surface area contributed by atoms with Crippen molar-refractivity contribution in [3.05, 3.63) is 60.2 Å². The lowest BCUT2D eigenvalue weighted by Gasteiger charge is -2.16. The third-order valence-electron chi connectivity index (χ3n) is 2.76. The monoisotopic (exact) mass is 257 g/mol. The molecule has 2 aromatic rings. The van der Waals surface area contributed by atoms with E-state index in [0.717, 1.165) is 0 Å². The highest BCUT2D eigenvalue weighted by Crippen LogP contribution is 2.23. The molecule has 0 radical (unpaired) electrons. The van der Waals surface area contributed by atoms with Gasteiger partial charge in [0.25, 0.3) is 0 Å². The fourth-order valence-corrected chi connectivity index (χ4v) is 1.81. The van der Waals surface area contributed by atoms with Gasteiger partial charge in [0, 0.05) is 11.8 Å². The topological polar surface area (TPSA) is 58.6 Å². The van der Waals surface area contributed by atoms with Gasteiger partial charge >= 0.3 is 5.97 Å². The molecular weight excluding hydrogens is 242 g/mol. The minimum Gasteiger partial charge on any atom is -0.497 e. The van der Waals surface area contributed by atoms with Crippen molar-refractivity contribution < 1.29 is 14.6 Å². The lowest BCUT2D eigenvalue weighted by Crippen LogP contribution is -2.20. The zero-order valence-electron chi connectivity index (χ0n) is 10.5. The number of carbonyl (C=O) groups is 1. The third kappa shape index (κ3) is 3.25. The first-order chi connectivity index (χ1) is 9.20. The Morgan fingerprint density at radius 2 is 1.89 bits per heavy atom. The van der Waals surface area contributed by atoms with E-state index >= 15 is 0 Å². The molecule has 0 amide bonds. The van der Waals surface area contributed by atoms with Crippen molar-refractivity contribution in [3.8, 4) is 5.75 Å². The van der Waals surface area contributed by atoms with Crippen LogP contribution >= 0.6 is 0 Å². The van der Waals surface area contributed by atoms with E-state index in [2.05, 4.69) is 5.32 Å². The second-order valence-electron chi connectivity index (χ2n) is 4.06. The van der Waals surface area contributed by atoms with Crippen LogP contribution in [0.4, 0.5) is 5.69 Å². The molecule has 0 spiro atoms. The number of carboxylic acid groups (broad SMARTS) is 1. The summed E-state index contributed by atoms with van der Waals surface area (Å²) in [5.41, 5.74) is 1.41. The number of benzene rings is 2. The van der Waals surface area contributed by atoms with Gasteiger partial charge in [0.2, 0.25) is 0 Å². The summed E-state index contributed by atoms with van der Waals surface area (Å²) in [6.45, 7) is 0. The molecule has 98 valence electrons. The van der Waals surface area contributed by atoms with E-state index in [1.54, 1.807) is 31.4 Å². The van der Waals surface area contributed by atoms with Crippen LogP contribution in [-0.4, -0.2) is 18.2 Å². The Balaban J connectivity index is 2.24. The highest BCUT2D eigenvalue weighted by Gasteiger charge is 2.19. The Morgan fingerprint density at radius 3 is 2.53 bits per heavy atom. The van der Waals surface area contributed by atoms with Crippen LogP contribution in [0.5, 0.6) is 5.75 Å². The number of methoxy groups -OCH3 is 1. The predicted molar refractivity (Wildman–Crippen MR) is 73.4 cm³/mol. The number of ether oxygens (including phenoxy) is 1. The normalized spacial score (nSPS) is 11.6. The molecule has 2 rings (SSSR count). The van der Waals surface area contributed by atoms with Crippen molar-refractivity contribution >= 4 is 11.7 Å². The average molecular weight is 257 g/mol. The van der Waals surface area contributed by atoms with Gasteiger partial charge in [-0.3, -0.25) is 0 Å². The smallest absolute Gasteiger partial charge is 0.330 e. The highest BCUT2D eigenvalue weighted by molar-refractivity contribution is 5.79. The van der Waals surface area contributed by atoms with E-state index < -0.39 is 12.0 Å². The fraction of sp³-hybridized carbons (Fsp3) is 0.133. The maximum absolute atomic E-state index is 11.4. The van der Waals surface area contributed by atoms with Gasteiger partial charge in [0.15, 0.2) is 6.04 Å². The van der Waals surface area contributed by atoms with Crippen LogP contribution < -0.4 is 10.1 Å². The molecule has 19 heavy (non-hydrogen) atoms. The van der Waals surface area contributed by atoms with Crippen LogP contribution in [0.25, 0.3) is 0 Å². The largest absolute Gasteiger partial charge is 0.497 e. The lowest BCUT2D eigenvalue weighted by molar-refractivity contribution is -0.138. The van der Waals surface area contributed by atoms with E-state index in [1.807, 2.05) is 30.3 Å². The Bertz CT molecular complexity index is 554. The molecule has 0 heterocycles. The highest BCUT2D eigenvalue weighted by atomic mass is 16.5. The van der Waals surface area contributed by atoms with Gasteiger partial charge in [-0.25, -0.2) is 4.79 Å². The molecule has 0 unspecified atom stereocenters. The first-order valence-corrected chi connectivity index (χ1v) is 5.89. The summed E-state index contributed by atoms with van der Waals surface area (Å²) in [6.07, 6.45) is 0. The van der Waals surface area contributed by atoms with Gasteiger partial charge < -0.3 is 15.2 Å². The minimum atomic E-state index is -0.922. The Morgan fingerprint density at radius 1 is 1.16 bits per heavy atom. The van der Waals surface area contributed by atoms with Crippen LogP contribution in [0.15, 0.2) is 54.6 Å². The van der Waals surface area contributed by atoms with Crippen LogP contribution in [0.3, 0.4) is 0 Å². The van der Waals surface area contributed by atoms with Crippen molar-refractivity contribution in [2.24, 2.45) is 0 Å². The van der Waals surface area contributed by atoms with Gasteiger partial charge in [-0.1, -0.05) is 36.4 Å². The zero-order chi connectivity index (χ0) is 13.7. The molecule has 0 aromatic heterocycles. The van der Waals surface area contributed by atoms with E-state index in [0.29, 0.717) is 17.0 Å². The quantitative estimate of drug-likeness (QED) is 0.864. The van der Waals surface area contributed by atoms with Crippen molar-refractivity contribution in [2.45, 2.75) is 6.04 Å². The third-order valence-corrected chi connectivity index (χ3v) is 2.76. The first-order valence-electron chi connectivity index (χ1n) is 5.89. The van der Waals surface area contributed by atoms with E-state index in [9.17, 15) is 9.90 Å². The van der Waals surface area contributed by atoms with Crippen LogP contribution in [0, 0.1) is 0 Å². The van der Waals surface area contributed by atoms with Gasteiger partial charge in [-0.15, -0.1) is 0 Å². The van der Waals surface area contributed by atoms with E-state index in [4.69, 9.17) is 4.74 Å². The molecule has 4 nitrogen and oxygen atoms in total. The van der Waals surface area contributed by atoms with Crippen molar-refractivity contribution in [1.29, 1.82) is 0 Å². The number of rotatable bonds is 5. The summed E-state index contributed by atoms with van der Waals surface area (Å²) in [4.78, 5) is 11.4. The van der Waals surface area contributed by atoms with Crippen molar-refractivity contribution in [3.63, 3.8) is 0 Å². The number of nitrogens with one attached hydrogen (secondary N) is 1. The molecule has 0 aliphatic heterocycles. The van der Waals surface area contributed by atoms with Crippen LogP contribution in [0.1, 0.15) is 11.6 Å².